The third-order valence-electron chi connectivity index (χ3n) is 4.32. The summed E-state index contributed by atoms with van der Waals surface area (Å²) in [4.78, 5) is 14.7. The fraction of sp³-hybridized carbons (Fsp3) is 0.278. The highest BCUT2D eigenvalue weighted by Gasteiger charge is 2.38. The zero-order valence-corrected chi connectivity index (χ0v) is 12.7. The normalized spacial score (nSPS) is 19.3. The number of carbonyl (C=O) groups excluding carboxylic acids is 1. The van der Waals surface area contributed by atoms with Gasteiger partial charge in [0.15, 0.2) is 0 Å². The van der Waals surface area contributed by atoms with Crippen molar-refractivity contribution >= 4 is 5.97 Å². The minimum absolute atomic E-state index is 0.207. The van der Waals surface area contributed by atoms with Crippen molar-refractivity contribution < 1.29 is 24.1 Å². The summed E-state index contributed by atoms with van der Waals surface area (Å²) >= 11 is 0. The Morgan fingerprint density at radius 2 is 2.00 bits per heavy atom. The van der Waals surface area contributed by atoms with Crippen molar-refractivity contribution in [1.82, 2.24) is 0 Å². The zero-order valence-electron chi connectivity index (χ0n) is 12.7. The van der Waals surface area contributed by atoms with Crippen LogP contribution in [-0.2, 0) is 28.2 Å². The summed E-state index contributed by atoms with van der Waals surface area (Å²) in [6.07, 6.45) is 0.375. The molecule has 1 N–H and O–H groups in total. The Morgan fingerprint density at radius 3 is 2.74 bits per heavy atom. The minimum atomic E-state index is -1.50. The lowest BCUT2D eigenvalue weighted by atomic mass is 9.84. The first-order valence-corrected chi connectivity index (χ1v) is 7.34. The molecule has 23 heavy (non-hydrogen) atoms. The molecule has 0 saturated carbocycles. The molecule has 5 heteroatoms. The van der Waals surface area contributed by atoms with Gasteiger partial charge >= 0.3 is 5.97 Å². The molecule has 0 aliphatic heterocycles. The smallest absolute Gasteiger partial charge is 0.352 e. The van der Waals surface area contributed by atoms with Crippen molar-refractivity contribution in [3.8, 4) is 5.75 Å². The molecule has 0 spiro atoms. The molecule has 0 fully saturated rings. The van der Waals surface area contributed by atoms with Gasteiger partial charge < -0.3 is 9.84 Å². The van der Waals surface area contributed by atoms with Crippen LogP contribution >= 0.6 is 0 Å². The fourth-order valence-corrected chi connectivity index (χ4v) is 3.23. The number of hydrogen-bond acceptors (Lipinski definition) is 4. The Bertz CT molecular complexity index is 744. The second-order valence-electron chi connectivity index (χ2n) is 5.80. The van der Waals surface area contributed by atoms with E-state index in [1.807, 2.05) is 30.3 Å². The van der Waals surface area contributed by atoms with E-state index in [0.717, 1.165) is 22.4 Å². The maximum absolute atomic E-state index is 12.2. The van der Waals surface area contributed by atoms with Gasteiger partial charge in [0.1, 0.15) is 11.4 Å². The fourth-order valence-electron chi connectivity index (χ4n) is 3.23. The molecular weight excluding hydrogens is 299 g/mol. The number of hydrogen-bond donors (Lipinski definition) is 1. The van der Waals surface area contributed by atoms with E-state index in [4.69, 9.17) is 4.74 Å². The Hall–Kier alpha value is -2.40. The van der Waals surface area contributed by atoms with E-state index in [0.29, 0.717) is 12.0 Å². The van der Waals surface area contributed by atoms with Gasteiger partial charge in [-0.05, 0) is 40.8 Å². The summed E-state index contributed by atoms with van der Waals surface area (Å²) in [6.45, 7) is 0. The first kappa shape index (κ1) is 15.5. The summed E-state index contributed by atoms with van der Waals surface area (Å²) in [6, 6.07) is 12.9. The lowest BCUT2D eigenvalue weighted by Gasteiger charge is -2.27. The number of ether oxygens (including phenoxy) is 1. The summed E-state index contributed by atoms with van der Waals surface area (Å²) in [5.41, 5.74) is 1.94. The molecule has 0 heterocycles. The molecule has 2 aromatic rings. The van der Waals surface area contributed by atoms with Crippen molar-refractivity contribution in [3.63, 3.8) is 0 Å². The molecule has 1 aliphatic rings. The van der Waals surface area contributed by atoms with Gasteiger partial charge in [-0.3, -0.25) is 4.94 Å². The maximum atomic E-state index is 12.2. The molecule has 0 saturated heterocycles. The molecular formula is C18H17FO4. The molecule has 0 amide bonds. The number of halogens is 1. The summed E-state index contributed by atoms with van der Waals surface area (Å²) in [5.74, 6) is -0.353. The third kappa shape index (κ3) is 2.92. The minimum Gasteiger partial charge on any atom is -0.497 e. The third-order valence-corrected chi connectivity index (χ3v) is 4.32. The van der Waals surface area contributed by atoms with Crippen molar-refractivity contribution in [1.29, 1.82) is 0 Å². The van der Waals surface area contributed by atoms with Gasteiger partial charge in [-0.15, -0.1) is 0 Å². The molecule has 4 nitrogen and oxygen atoms in total. The second-order valence-corrected chi connectivity index (χ2v) is 5.80. The highest BCUT2D eigenvalue weighted by atomic mass is 19.3. The average molecular weight is 316 g/mol. The van der Waals surface area contributed by atoms with E-state index in [-0.39, 0.29) is 6.42 Å². The lowest BCUT2D eigenvalue weighted by molar-refractivity contribution is -0.189. The van der Waals surface area contributed by atoms with Gasteiger partial charge in [0.05, 0.1) is 13.5 Å². The first-order chi connectivity index (χ1) is 11.1. The highest BCUT2D eigenvalue weighted by molar-refractivity contribution is 5.71. The first-order valence-electron chi connectivity index (χ1n) is 7.34. The van der Waals surface area contributed by atoms with Gasteiger partial charge in [0.2, 0.25) is 0 Å². The van der Waals surface area contributed by atoms with Crippen LogP contribution in [0.4, 0.5) is 4.53 Å². The van der Waals surface area contributed by atoms with Gasteiger partial charge in [-0.1, -0.05) is 30.3 Å². The van der Waals surface area contributed by atoms with Crippen molar-refractivity contribution in [3.05, 3.63) is 64.7 Å². The molecule has 2 aromatic carbocycles. The predicted octanol–water partition coefficient (Wildman–Crippen LogP) is 2.85. The number of rotatable bonds is 3. The standard InChI is InChI=1S/C18H17FO4/c1-22-15-7-6-13-10-18(21,11-17(20)23-19)16-5-3-2-4-12(16)8-14(13)9-15/h2-7,9,21H,8,10-11H2,1H3. The zero-order chi connectivity index (χ0) is 16.4. The lowest BCUT2D eigenvalue weighted by Crippen LogP contribution is -2.32. The van der Waals surface area contributed by atoms with E-state index in [2.05, 4.69) is 4.94 Å². The molecule has 1 aliphatic carbocycles. The van der Waals surface area contributed by atoms with Gasteiger partial charge in [0, 0.05) is 10.9 Å². The van der Waals surface area contributed by atoms with Crippen molar-refractivity contribution in [2.45, 2.75) is 24.9 Å². The SMILES string of the molecule is COc1ccc2c(c1)Cc1ccccc1C(O)(CC(=O)OF)C2. The van der Waals surface area contributed by atoms with E-state index in [9.17, 15) is 14.4 Å². The van der Waals surface area contributed by atoms with Crippen LogP contribution in [0.25, 0.3) is 0 Å². The van der Waals surface area contributed by atoms with Crippen LogP contribution < -0.4 is 4.74 Å². The molecule has 3 rings (SSSR count). The van der Waals surface area contributed by atoms with E-state index >= 15 is 0 Å². The Balaban J connectivity index is 2.12. The number of carbonyl (C=O) groups is 1. The molecule has 1 unspecified atom stereocenters. The number of fused-ring (bicyclic) bond motifs is 2. The molecule has 1 atom stereocenters. The van der Waals surface area contributed by atoms with Gasteiger partial charge in [-0.2, -0.15) is 0 Å². The summed E-state index contributed by atoms with van der Waals surface area (Å²) < 4.78 is 17.5. The largest absolute Gasteiger partial charge is 0.497 e. The summed E-state index contributed by atoms with van der Waals surface area (Å²) in [5, 5.41) is 11.1. The van der Waals surface area contributed by atoms with Crippen LogP contribution in [0, 0.1) is 0 Å². The predicted molar refractivity (Wildman–Crippen MR) is 81.7 cm³/mol. The van der Waals surface area contributed by atoms with Crippen LogP contribution in [0.3, 0.4) is 0 Å². The molecule has 120 valence electrons. The topological polar surface area (TPSA) is 55.8 Å². The van der Waals surface area contributed by atoms with Gasteiger partial charge in [-0.25, -0.2) is 4.79 Å². The summed E-state index contributed by atoms with van der Waals surface area (Å²) in [7, 11) is 1.60. The Labute approximate surface area is 133 Å². The van der Waals surface area contributed by atoms with Crippen LogP contribution in [0.2, 0.25) is 0 Å². The number of benzene rings is 2. The maximum Gasteiger partial charge on any atom is 0.352 e. The number of methoxy groups -OCH3 is 1. The van der Waals surface area contributed by atoms with Crippen LogP contribution in [0.5, 0.6) is 5.75 Å². The molecule has 0 aromatic heterocycles. The van der Waals surface area contributed by atoms with Crippen LogP contribution in [0.15, 0.2) is 42.5 Å². The van der Waals surface area contributed by atoms with E-state index < -0.39 is 18.0 Å². The monoisotopic (exact) mass is 316 g/mol. The van der Waals surface area contributed by atoms with Crippen molar-refractivity contribution in [2.75, 3.05) is 7.11 Å². The number of aliphatic hydroxyl groups is 1. The van der Waals surface area contributed by atoms with Crippen LogP contribution in [0.1, 0.15) is 28.7 Å². The van der Waals surface area contributed by atoms with Crippen molar-refractivity contribution in [2.24, 2.45) is 0 Å². The Morgan fingerprint density at radius 1 is 1.22 bits per heavy atom. The molecule has 0 bridgehead atoms. The van der Waals surface area contributed by atoms with E-state index in [1.165, 1.54) is 0 Å². The average Bonchev–Trinajstić information content (AvgIpc) is 2.68. The quantitative estimate of drug-likeness (QED) is 0.946. The van der Waals surface area contributed by atoms with Gasteiger partial charge in [0.25, 0.3) is 0 Å². The van der Waals surface area contributed by atoms with Crippen LogP contribution in [-0.4, -0.2) is 18.2 Å². The molecule has 0 radical (unpaired) electrons. The van der Waals surface area contributed by atoms with E-state index in [1.54, 1.807) is 19.2 Å². The highest BCUT2D eigenvalue weighted by Crippen LogP contribution is 2.38. The Kier molecular flexibility index (Phi) is 4.05. The second kappa shape index (κ2) is 6.01.